The summed E-state index contributed by atoms with van der Waals surface area (Å²) in [6.07, 6.45) is 0.866. The average molecular weight is 347 g/mol. The molecule has 0 fully saturated rings. The van der Waals surface area contributed by atoms with Crippen molar-refractivity contribution in [3.63, 3.8) is 0 Å². The maximum atomic E-state index is 12.2. The molecule has 0 aromatic heterocycles. The molecule has 136 valence electrons. The van der Waals surface area contributed by atoms with E-state index in [1.165, 1.54) is 5.56 Å². The molecule has 7 nitrogen and oxygen atoms in total. The first-order chi connectivity index (χ1) is 11.9. The van der Waals surface area contributed by atoms with Gasteiger partial charge in [0.05, 0.1) is 0 Å². The lowest BCUT2D eigenvalue weighted by Crippen LogP contribution is -2.46. The highest BCUT2D eigenvalue weighted by molar-refractivity contribution is 5.84. The molecule has 0 saturated heterocycles. The van der Waals surface area contributed by atoms with Crippen LogP contribution in [0.1, 0.15) is 31.4 Å². The molecule has 3 amide bonds. The van der Waals surface area contributed by atoms with Crippen LogP contribution in [0.5, 0.6) is 0 Å². The van der Waals surface area contributed by atoms with Gasteiger partial charge in [-0.05, 0) is 23.5 Å². The van der Waals surface area contributed by atoms with Gasteiger partial charge in [0.25, 0.3) is 0 Å². The number of hydrogen-bond donors (Lipinski definition) is 3. The molecule has 2 rings (SSSR count). The van der Waals surface area contributed by atoms with E-state index in [0.717, 1.165) is 12.0 Å². The number of aliphatic carboxylic acids is 1. The zero-order valence-corrected chi connectivity index (χ0v) is 14.6. The fraction of sp³-hybridized carbons (Fsp3) is 0.500. The lowest BCUT2D eigenvalue weighted by atomic mass is 10.0. The number of nitrogens with one attached hydrogen (secondary N) is 2. The van der Waals surface area contributed by atoms with Crippen molar-refractivity contribution in [1.82, 2.24) is 15.5 Å². The SMILES string of the molecule is CC(C)[C@@H](NC(=O)CCNC(=O)N1CCc2ccccc2C1)C(=O)O. The van der Waals surface area contributed by atoms with Crippen LogP contribution in [-0.2, 0) is 22.6 Å². The smallest absolute Gasteiger partial charge is 0.326 e. The summed E-state index contributed by atoms with van der Waals surface area (Å²) < 4.78 is 0. The molecule has 1 aliphatic rings. The highest BCUT2D eigenvalue weighted by Gasteiger charge is 2.24. The monoisotopic (exact) mass is 347 g/mol. The summed E-state index contributed by atoms with van der Waals surface area (Å²) >= 11 is 0. The van der Waals surface area contributed by atoms with E-state index < -0.39 is 12.0 Å². The molecule has 0 bridgehead atoms. The summed E-state index contributed by atoms with van der Waals surface area (Å²) in [5.41, 5.74) is 2.40. The fourth-order valence-electron chi connectivity index (χ4n) is 2.82. The summed E-state index contributed by atoms with van der Waals surface area (Å²) in [6, 6.07) is 6.91. The van der Waals surface area contributed by atoms with E-state index in [1.807, 2.05) is 18.2 Å². The molecule has 7 heteroatoms. The van der Waals surface area contributed by atoms with Crippen molar-refractivity contribution in [3.8, 4) is 0 Å². The molecule has 0 unspecified atom stereocenters. The Kier molecular flexibility index (Phi) is 6.38. The molecule has 1 aromatic rings. The maximum absolute atomic E-state index is 12.2. The van der Waals surface area contributed by atoms with Gasteiger partial charge in [-0.3, -0.25) is 4.79 Å². The number of nitrogens with zero attached hydrogens (tertiary/aromatic N) is 1. The maximum Gasteiger partial charge on any atom is 0.326 e. The highest BCUT2D eigenvalue weighted by atomic mass is 16.4. The van der Waals surface area contributed by atoms with E-state index in [9.17, 15) is 14.4 Å². The first-order valence-electron chi connectivity index (χ1n) is 8.50. The molecule has 1 atom stereocenters. The van der Waals surface area contributed by atoms with E-state index in [2.05, 4.69) is 16.7 Å². The van der Waals surface area contributed by atoms with Crippen molar-refractivity contribution in [2.24, 2.45) is 5.92 Å². The zero-order valence-electron chi connectivity index (χ0n) is 14.6. The Labute approximate surface area is 147 Å². The number of carbonyl (C=O) groups excluding carboxylic acids is 2. The van der Waals surface area contributed by atoms with Gasteiger partial charge in [0, 0.05) is 26.1 Å². The molecule has 1 heterocycles. The predicted molar refractivity (Wildman–Crippen MR) is 93.0 cm³/mol. The van der Waals surface area contributed by atoms with E-state index >= 15 is 0 Å². The fourth-order valence-corrected chi connectivity index (χ4v) is 2.82. The molecule has 3 N–H and O–H groups in total. The van der Waals surface area contributed by atoms with Gasteiger partial charge in [-0.2, -0.15) is 0 Å². The van der Waals surface area contributed by atoms with E-state index in [1.54, 1.807) is 18.7 Å². The van der Waals surface area contributed by atoms with Crippen molar-refractivity contribution >= 4 is 17.9 Å². The van der Waals surface area contributed by atoms with Crippen LogP contribution in [0.15, 0.2) is 24.3 Å². The van der Waals surface area contributed by atoms with E-state index in [-0.39, 0.29) is 30.8 Å². The minimum Gasteiger partial charge on any atom is -0.480 e. The van der Waals surface area contributed by atoms with E-state index in [4.69, 9.17) is 5.11 Å². The van der Waals surface area contributed by atoms with Crippen molar-refractivity contribution in [3.05, 3.63) is 35.4 Å². The third-order valence-electron chi connectivity index (χ3n) is 4.30. The molecular weight excluding hydrogens is 322 g/mol. The van der Waals surface area contributed by atoms with E-state index in [0.29, 0.717) is 13.1 Å². The summed E-state index contributed by atoms with van der Waals surface area (Å²) in [7, 11) is 0. The van der Waals surface area contributed by atoms with Gasteiger partial charge in [-0.15, -0.1) is 0 Å². The number of carbonyl (C=O) groups is 3. The lowest BCUT2D eigenvalue weighted by molar-refractivity contribution is -0.143. The molecular formula is C18H25N3O4. The second-order valence-corrected chi connectivity index (χ2v) is 6.55. The van der Waals surface area contributed by atoms with Gasteiger partial charge < -0.3 is 20.6 Å². The number of rotatable bonds is 6. The Morgan fingerprint density at radius 3 is 2.52 bits per heavy atom. The largest absolute Gasteiger partial charge is 0.480 e. The quantitative estimate of drug-likeness (QED) is 0.724. The Balaban J connectivity index is 1.75. The normalized spacial score (nSPS) is 14.6. The summed E-state index contributed by atoms with van der Waals surface area (Å²) in [6.45, 7) is 4.84. The Morgan fingerprint density at radius 2 is 1.88 bits per heavy atom. The minimum atomic E-state index is -1.06. The van der Waals surface area contributed by atoms with Crippen LogP contribution in [0.2, 0.25) is 0 Å². The predicted octanol–water partition coefficient (Wildman–Crippen LogP) is 1.37. The van der Waals surface area contributed by atoms with Gasteiger partial charge in [-0.1, -0.05) is 38.1 Å². The lowest BCUT2D eigenvalue weighted by Gasteiger charge is -2.29. The minimum absolute atomic E-state index is 0.0483. The molecule has 0 aliphatic carbocycles. The van der Waals surface area contributed by atoms with Crippen LogP contribution in [0.4, 0.5) is 4.79 Å². The third kappa shape index (κ3) is 5.20. The van der Waals surface area contributed by atoms with Crippen LogP contribution in [0.25, 0.3) is 0 Å². The number of carboxylic acid groups (broad SMARTS) is 1. The molecule has 25 heavy (non-hydrogen) atoms. The van der Waals surface area contributed by atoms with Crippen LogP contribution in [0, 0.1) is 5.92 Å². The second-order valence-electron chi connectivity index (χ2n) is 6.55. The molecule has 0 saturated carbocycles. The summed E-state index contributed by atoms with van der Waals surface area (Å²) in [5, 5.41) is 14.3. The number of urea groups is 1. The Bertz CT molecular complexity index is 645. The first-order valence-corrected chi connectivity index (χ1v) is 8.50. The summed E-state index contributed by atoms with van der Waals surface area (Å²) in [4.78, 5) is 36.9. The van der Waals surface area contributed by atoms with Crippen molar-refractivity contribution in [2.45, 2.75) is 39.3 Å². The number of benzene rings is 1. The van der Waals surface area contributed by atoms with Crippen LogP contribution in [-0.4, -0.2) is 47.0 Å². The topological polar surface area (TPSA) is 98.7 Å². The molecule has 1 aliphatic heterocycles. The molecule has 0 radical (unpaired) electrons. The third-order valence-corrected chi connectivity index (χ3v) is 4.30. The standard InChI is InChI=1S/C18H25N3O4/c1-12(2)16(17(23)24)20-15(22)7-9-19-18(25)21-10-8-13-5-3-4-6-14(13)11-21/h3-6,12,16H,7-11H2,1-2H3,(H,19,25)(H,20,22)(H,23,24)/t16-/m1/s1. The Hall–Kier alpha value is -2.57. The van der Waals surface area contributed by atoms with Crippen molar-refractivity contribution in [1.29, 1.82) is 0 Å². The van der Waals surface area contributed by atoms with Gasteiger partial charge >= 0.3 is 12.0 Å². The van der Waals surface area contributed by atoms with Crippen molar-refractivity contribution < 1.29 is 19.5 Å². The van der Waals surface area contributed by atoms with Gasteiger partial charge in [0.1, 0.15) is 6.04 Å². The van der Waals surface area contributed by atoms with Crippen LogP contribution < -0.4 is 10.6 Å². The van der Waals surface area contributed by atoms with Gasteiger partial charge in [0.2, 0.25) is 5.91 Å². The Morgan fingerprint density at radius 1 is 1.20 bits per heavy atom. The van der Waals surface area contributed by atoms with Crippen LogP contribution >= 0.6 is 0 Å². The molecule has 0 spiro atoms. The first kappa shape index (κ1) is 18.8. The van der Waals surface area contributed by atoms with Crippen molar-refractivity contribution in [2.75, 3.05) is 13.1 Å². The number of carboxylic acids is 1. The van der Waals surface area contributed by atoms with Gasteiger partial charge in [0.15, 0.2) is 0 Å². The number of fused-ring (bicyclic) bond motifs is 1. The molecule has 1 aromatic carbocycles. The number of hydrogen-bond acceptors (Lipinski definition) is 3. The van der Waals surface area contributed by atoms with Gasteiger partial charge in [-0.25, -0.2) is 9.59 Å². The summed E-state index contributed by atoms with van der Waals surface area (Å²) in [5.74, 6) is -1.64. The second kappa shape index (κ2) is 8.50. The average Bonchev–Trinajstić information content (AvgIpc) is 2.58. The zero-order chi connectivity index (χ0) is 18.4. The number of amides is 3. The highest BCUT2D eigenvalue weighted by Crippen LogP contribution is 2.18. The van der Waals surface area contributed by atoms with Crippen LogP contribution in [0.3, 0.4) is 0 Å².